The summed E-state index contributed by atoms with van der Waals surface area (Å²) < 4.78 is 4.19. The van der Waals surface area contributed by atoms with Gasteiger partial charge in [0.25, 0.3) is 5.91 Å². The molecule has 0 atom stereocenters. The van der Waals surface area contributed by atoms with Gasteiger partial charge in [-0.05, 0) is 31.7 Å². The molecular formula is C15H18N4O. The Kier molecular flexibility index (Phi) is 2.65. The lowest BCUT2D eigenvalue weighted by atomic mass is 10.0. The molecule has 2 aromatic heterocycles. The van der Waals surface area contributed by atoms with Crippen molar-refractivity contribution < 1.29 is 4.79 Å². The number of rotatable bonds is 1. The highest BCUT2D eigenvalue weighted by atomic mass is 16.1. The number of fused-ring (bicyclic) bond motifs is 2. The molecule has 2 aromatic rings. The van der Waals surface area contributed by atoms with Gasteiger partial charge < -0.3 is 9.88 Å². The van der Waals surface area contributed by atoms with Gasteiger partial charge >= 0.3 is 0 Å². The highest BCUT2D eigenvalue weighted by molar-refractivity contribution is 5.94. The molecule has 1 N–H and O–H groups in total. The molecule has 0 unspecified atom stereocenters. The van der Waals surface area contributed by atoms with Crippen LogP contribution in [0, 0.1) is 0 Å². The van der Waals surface area contributed by atoms with Crippen LogP contribution in [-0.4, -0.2) is 26.8 Å². The Bertz CT molecular complexity index is 667. The molecule has 0 radical (unpaired) electrons. The molecule has 0 bridgehead atoms. The van der Waals surface area contributed by atoms with Crippen LogP contribution in [0.15, 0.2) is 18.5 Å². The van der Waals surface area contributed by atoms with Crippen molar-refractivity contribution in [3.05, 3.63) is 29.8 Å². The molecule has 2 aliphatic rings. The minimum absolute atomic E-state index is 0.0368. The fraction of sp³-hybridized carbons (Fsp3) is 0.467. The zero-order chi connectivity index (χ0) is 13.5. The third kappa shape index (κ3) is 1.77. The van der Waals surface area contributed by atoms with Crippen LogP contribution in [0.1, 0.15) is 35.4 Å². The van der Waals surface area contributed by atoms with Gasteiger partial charge in [0.2, 0.25) is 0 Å². The largest absolute Gasteiger partial charge is 0.351 e. The lowest BCUT2D eigenvalue weighted by Gasteiger charge is -2.14. The number of carbonyl (C=O) groups is 1. The first-order valence-corrected chi connectivity index (χ1v) is 7.36. The Labute approximate surface area is 117 Å². The molecule has 0 saturated heterocycles. The van der Waals surface area contributed by atoms with E-state index in [9.17, 15) is 4.79 Å². The topological polar surface area (TPSA) is 51.9 Å². The summed E-state index contributed by atoms with van der Waals surface area (Å²) >= 11 is 0. The summed E-state index contributed by atoms with van der Waals surface area (Å²) in [5.74, 6) is 0.0368. The first kappa shape index (κ1) is 11.8. The average Bonchev–Trinajstić information content (AvgIpc) is 3.03. The van der Waals surface area contributed by atoms with Crippen molar-refractivity contribution in [1.29, 1.82) is 0 Å². The third-order valence-corrected chi connectivity index (χ3v) is 4.28. The van der Waals surface area contributed by atoms with E-state index < -0.39 is 0 Å². The SMILES string of the molecule is O=C1NCCCn2cc(-c3cnn4c3CCCC4)cc21. The van der Waals surface area contributed by atoms with Gasteiger partial charge in [-0.3, -0.25) is 9.48 Å². The molecule has 5 heteroatoms. The van der Waals surface area contributed by atoms with Crippen molar-refractivity contribution >= 4 is 5.91 Å². The van der Waals surface area contributed by atoms with Crippen molar-refractivity contribution in [2.24, 2.45) is 0 Å². The summed E-state index contributed by atoms with van der Waals surface area (Å²) in [6.45, 7) is 2.68. The summed E-state index contributed by atoms with van der Waals surface area (Å²) in [5, 5.41) is 7.42. The second kappa shape index (κ2) is 4.51. The van der Waals surface area contributed by atoms with Crippen LogP contribution in [0.4, 0.5) is 0 Å². The Morgan fingerprint density at radius 2 is 2.15 bits per heavy atom. The van der Waals surface area contributed by atoms with Crippen LogP contribution >= 0.6 is 0 Å². The minimum Gasteiger partial charge on any atom is -0.351 e. The molecule has 0 aliphatic carbocycles. The number of hydrogen-bond acceptors (Lipinski definition) is 2. The molecule has 20 heavy (non-hydrogen) atoms. The summed E-state index contributed by atoms with van der Waals surface area (Å²) in [4.78, 5) is 12.0. The van der Waals surface area contributed by atoms with Gasteiger partial charge in [-0.15, -0.1) is 0 Å². The second-order valence-corrected chi connectivity index (χ2v) is 5.60. The molecule has 0 spiro atoms. The molecule has 104 valence electrons. The van der Waals surface area contributed by atoms with E-state index in [1.54, 1.807) is 0 Å². The average molecular weight is 270 g/mol. The molecule has 0 fully saturated rings. The fourth-order valence-corrected chi connectivity index (χ4v) is 3.24. The van der Waals surface area contributed by atoms with Crippen LogP contribution in [0.3, 0.4) is 0 Å². The quantitative estimate of drug-likeness (QED) is 0.859. The highest BCUT2D eigenvalue weighted by Gasteiger charge is 2.21. The molecule has 4 rings (SSSR count). The predicted octanol–water partition coefficient (Wildman–Crippen LogP) is 1.82. The second-order valence-electron chi connectivity index (χ2n) is 5.60. The summed E-state index contributed by atoms with van der Waals surface area (Å²) in [6.07, 6.45) is 8.57. The monoisotopic (exact) mass is 270 g/mol. The number of aromatic nitrogens is 3. The molecule has 2 aliphatic heterocycles. The summed E-state index contributed by atoms with van der Waals surface area (Å²) in [7, 11) is 0. The minimum atomic E-state index is 0.0368. The van der Waals surface area contributed by atoms with Gasteiger partial charge in [-0.1, -0.05) is 0 Å². The van der Waals surface area contributed by atoms with Crippen molar-refractivity contribution in [2.75, 3.05) is 6.54 Å². The maximum atomic E-state index is 12.0. The normalized spacial score (nSPS) is 18.1. The predicted molar refractivity (Wildman–Crippen MR) is 75.5 cm³/mol. The zero-order valence-corrected chi connectivity index (χ0v) is 11.4. The van der Waals surface area contributed by atoms with Crippen LogP contribution in [0.25, 0.3) is 11.1 Å². The molecule has 1 amide bonds. The highest BCUT2D eigenvalue weighted by Crippen LogP contribution is 2.29. The van der Waals surface area contributed by atoms with E-state index in [2.05, 4.69) is 25.9 Å². The van der Waals surface area contributed by atoms with Gasteiger partial charge in [0.15, 0.2) is 0 Å². The summed E-state index contributed by atoms with van der Waals surface area (Å²) in [5.41, 5.74) is 4.41. The van der Waals surface area contributed by atoms with Gasteiger partial charge in [0, 0.05) is 42.7 Å². The van der Waals surface area contributed by atoms with Gasteiger partial charge in [-0.25, -0.2) is 0 Å². The molecule has 0 aromatic carbocycles. The van der Waals surface area contributed by atoms with Crippen LogP contribution < -0.4 is 5.32 Å². The number of nitrogens with one attached hydrogen (secondary N) is 1. The number of carbonyl (C=O) groups excluding carboxylic acids is 1. The molecule has 4 heterocycles. The van der Waals surface area contributed by atoms with Crippen LogP contribution in [0.2, 0.25) is 0 Å². The molecule has 0 saturated carbocycles. The van der Waals surface area contributed by atoms with E-state index in [4.69, 9.17) is 0 Å². The number of aryl methyl sites for hydroxylation is 2. The molecule has 5 nitrogen and oxygen atoms in total. The van der Waals surface area contributed by atoms with E-state index in [1.807, 2.05) is 12.3 Å². The van der Waals surface area contributed by atoms with Crippen molar-refractivity contribution in [3.8, 4) is 11.1 Å². The van der Waals surface area contributed by atoms with E-state index in [0.717, 1.165) is 43.7 Å². The Hall–Kier alpha value is -2.04. The lowest BCUT2D eigenvalue weighted by molar-refractivity contribution is 0.0951. The lowest BCUT2D eigenvalue weighted by Crippen LogP contribution is -2.22. The van der Waals surface area contributed by atoms with Crippen molar-refractivity contribution in [2.45, 2.75) is 38.8 Å². The summed E-state index contributed by atoms with van der Waals surface area (Å²) in [6, 6.07) is 2.01. The Morgan fingerprint density at radius 1 is 1.20 bits per heavy atom. The first-order chi connectivity index (χ1) is 9.83. The zero-order valence-electron chi connectivity index (χ0n) is 11.4. The van der Waals surface area contributed by atoms with Crippen LogP contribution in [0.5, 0.6) is 0 Å². The van der Waals surface area contributed by atoms with E-state index in [-0.39, 0.29) is 5.91 Å². The standard InChI is InChI=1S/C15H18N4O/c20-15-14-8-11(10-18(14)6-3-5-16-15)12-9-17-19-7-2-1-4-13(12)19/h8-10H,1-7H2,(H,16,20). The van der Waals surface area contributed by atoms with Gasteiger partial charge in [0.05, 0.1) is 6.20 Å². The number of nitrogens with zero attached hydrogens (tertiary/aromatic N) is 3. The van der Waals surface area contributed by atoms with Crippen molar-refractivity contribution in [3.63, 3.8) is 0 Å². The van der Waals surface area contributed by atoms with Crippen molar-refractivity contribution in [1.82, 2.24) is 19.7 Å². The van der Waals surface area contributed by atoms with E-state index in [1.165, 1.54) is 24.1 Å². The fourth-order valence-electron chi connectivity index (χ4n) is 3.24. The Morgan fingerprint density at radius 3 is 3.10 bits per heavy atom. The van der Waals surface area contributed by atoms with Gasteiger partial charge in [0.1, 0.15) is 5.69 Å². The number of amides is 1. The maximum Gasteiger partial charge on any atom is 0.267 e. The van der Waals surface area contributed by atoms with Gasteiger partial charge in [-0.2, -0.15) is 5.10 Å². The maximum absolute atomic E-state index is 12.0. The smallest absolute Gasteiger partial charge is 0.267 e. The van der Waals surface area contributed by atoms with E-state index >= 15 is 0 Å². The number of hydrogen-bond donors (Lipinski definition) is 1. The first-order valence-electron chi connectivity index (χ1n) is 7.36. The third-order valence-electron chi connectivity index (χ3n) is 4.28. The van der Waals surface area contributed by atoms with E-state index in [0.29, 0.717) is 0 Å². The Balaban J connectivity index is 1.78. The molecular weight excluding hydrogens is 252 g/mol. The van der Waals surface area contributed by atoms with Crippen LogP contribution in [-0.2, 0) is 19.5 Å².